The average molecular weight is 353 g/mol. The van der Waals surface area contributed by atoms with Gasteiger partial charge >= 0.3 is 0 Å². The zero-order valence-corrected chi connectivity index (χ0v) is 14.9. The van der Waals surface area contributed by atoms with E-state index in [2.05, 4.69) is 33.3 Å². The van der Waals surface area contributed by atoms with Crippen molar-refractivity contribution in [1.29, 1.82) is 0 Å². The van der Waals surface area contributed by atoms with Crippen molar-refractivity contribution in [3.8, 4) is 0 Å². The van der Waals surface area contributed by atoms with Gasteiger partial charge in [0.05, 0.1) is 19.0 Å². The maximum Gasteiger partial charge on any atom is 0.223 e. The number of fused-ring (bicyclic) bond motifs is 1. The van der Waals surface area contributed by atoms with Crippen LogP contribution in [0.4, 0.5) is 5.82 Å². The van der Waals surface area contributed by atoms with Crippen molar-refractivity contribution in [2.24, 2.45) is 5.92 Å². The topological polar surface area (TPSA) is 75.7 Å². The van der Waals surface area contributed by atoms with Gasteiger partial charge in [-0.3, -0.25) is 4.79 Å². The van der Waals surface area contributed by atoms with Crippen LogP contribution >= 0.6 is 0 Å². The molecule has 26 heavy (non-hydrogen) atoms. The number of aromatic nitrogens is 3. The first kappa shape index (κ1) is 16.6. The normalized spacial score (nSPS) is 15.5. The van der Waals surface area contributed by atoms with E-state index in [0.717, 1.165) is 55.3 Å². The van der Waals surface area contributed by atoms with Crippen LogP contribution in [0.1, 0.15) is 31.2 Å². The molecule has 7 nitrogen and oxygen atoms in total. The molecule has 0 radical (unpaired) electrons. The molecular formula is C19H23N5O2. The monoisotopic (exact) mass is 353 g/mol. The fraction of sp³-hybridized carbons (Fsp3) is 0.421. The maximum absolute atomic E-state index is 12.4. The van der Waals surface area contributed by atoms with Gasteiger partial charge in [0.25, 0.3) is 0 Å². The van der Waals surface area contributed by atoms with Gasteiger partial charge in [0, 0.05) is 36.8 Å². The molecule has 3 aromatic heterocycles. The third kappa shape index (κ3) is 3.29. The smallest absolute Gasteiger partial charge is 0.223 e. The van der Waals surface area contributed by atoms with E-state index in [4.69, 9.17) is 4.42 Å². The highest BCUT2D eigenvalue weighted by molar-refractivity contribution is 5.78. The van der Waals surface area contributed by atoms with Crippen LogP contribution in [0.3, 0.4) is 0 Å². The lowest BCUT2D eigenvalue weighted by Gasteiger charge is -2.33. The lowest BCUT2D eigenvalue weighted by atomic mass is 9.96. The lowest BCUT2D eigenvalue weighted by molar-refractivity contribution is -0.125. The molecule has 0 aliphatic carbocycles. The zero-order chi connectivity index (χ0) is 17.9. The maximum atomic E-state index is 12.4. The Morgan fingerprint density at radius 1 is 1.35 bits per heavy atom. The molecule has 1 aliphatic heterocycles. The number of nitrogens with one attached hydrogen (secondary N) is 1. The molecule has 0 bridgehead atoms. The molecule has 0 atom stereocenters. The molecule has 0 saturated carbocycles. The summed E-state index contributed by atoms with van der Waals surface area (Å²) in [5, 5.41) is 7.38. The van der Waals surface area contributed by atoms with Crippen LogP contribution in [0.2, 0.25) is 0 Å². The highest BCUT2D eigenvalue weighted by atomic mass is 16.3. The second kappa shape index (κ2) is 7.19. The van der Waals surface area contributed by atoms with E-state index in [9.17, 15) is 4.79 Å². The second-order valence-electron chi connectivity index (χ2n) is 6.62. The van der Waals surface area contributed by atoms with Crippen LogP contribution in [-0.4, -0.2) is 33.6 Å². The molecule has 1 saturated heterocycles. The molecule has 3 aromatic rings. The Bertz CT molecular complexity index is 879. The molecule has 136 valence electrons. The number of nitrogens with zero attached hydrogens (tertiary/aromatic N) is 4. The minimum Gasteiger partial charge on any atom is -0.467 e. The summed E-state index contributed by atoms with van der Waals surface area (Å²) >= 11 is 0. The summed E-state index contributed by atoms with van der Waals surface area (Å²) in [6.45, 7) is 4.22. The highest BCUT2D eigenvalue weighted by Crippen LogP contribution is 2.24. The standard InChI is InChI=1S/C19H23N5O2/c1-2-15-12-18(24-17(22-15)5-8-21-24)23-9-6-14(7-10-23)19(25)20-13-16-4-3-11-26-16/h3-5,8,11-12,14H,2,6-7,9-10,13H2,1H3,(H,20,25). The number of anilines is 1. The summed E-state index contributed by atoms with van der Waals surface area (Å²) in [5.41, 5.74) is 1.93. The van der Waals surface area contributed by atoms with E-state index in [1.807, 2.05) is 22.7 Å². The quantitative estimate of drug-likeness (QED) is 0.762. The molecule has 4 rings (SSSR count). The highest BCUT2D eigenvalue weighted by Gasteiger charge is 2.26. The SMILES string of the molecule is CCc1cc(N2CCC(C(=O)NCc3ccco3)CC2)n2nccc2n1. The van der Waals surface area contributed by atoms with Gasteiger partial charge in [-0.2, -0.15) is 9.61 Å². The van der Waals surface area contributed by atoms with Crippen molar-refractivity contribution in [2.45, 2.75) is 32.7 Å². The zero-order valence-electron chi connectivity index (χ0n) is 14.9. The molecule has 0 unspecified atom stereocenters. The van der Waals surface area contributed by atoms with Crippen molar-refractivity contribution in [2.75, 3.05) is 18.0 Å². The summed E-state index contributed by atoms with van der Waals surface area (Å²) in [4.78, 5) is 19.3. The second-order valence-corrected chi connectivity index (χ2v) is 6.62. The summed E-state index contributed by atoms with van der Waals surface area (Å²) in [5.74, 6) is 1.99. The van der Waals surface area contributed by atoms with Crippen molar-refractivity contribution >= 4 is 17.4 Å². The molecule has 1 fully saturated rings. The third-order valence-corrected chi connectivity index (χ3v) is 4.96. The first-order valence-corrected chi connectivity index (χ1v) is 9.13. The molecule has 1 N–H and O–H groups in total. The summed E-state index contributed by atoms with van der Waals surface area (Å²) in [6.07, 6.45) is 5.95. The number of carbonyl (C=O) groups excluding carboxylic acids is 1. The molecule has 7 heteroatoms. The number of rotatable bonds is 5. The van der Waals surface area contributed by atoms with Gasteiger partial charge in [-0.15, -0.1) is 0 Å². The van der Waals surface area contributed by atoms with Crippen LogP contribution in [0.5, 0.6) is 0 Å². The Morgan fingerprint density at radius 2 is 2.19 bits per heavy atom. The van der Waals surface area contributed by atoms with E-state index < -0.39 is 0 Å². The number of furan rings is 1. The van der Waals surface area contributed by atoms with E-state index in [1.54, 1.807) is 12.5 Å². The molecular weight excluding hydrogens is 330 g/mol. The van der Waals surface area contributed by atoms with E-state index in [-0.39, 0.29) is 11.8 Å². The van der Waals surface area contributed by atoms with E-state index in [1.165, 1.54) is 0 Å². The first-order chi connectivity index (χ1) is 12.7. The van der Waals surface area contributed by atoms with Gasteiger partial charge in [0.2, 0.25) is 5.91 Å². The van der Waals surface area contributed by atoms with Crippen molar-refractivity contribution in [3.63, 3.8) is 0 Å². The van der Waals surface area contributed by atoms with Gasteiger partial charge in [-0.05, 0) is 31.4 Å². The Hall–Kier alpha value is -2.83. The fourth-order valence-corrected chi connectivity index (χ4v) is 3.46. The number of aryl methyl sites for hydroxylation is 1. The predicted molar refractivity (Wildman–Crippen MR) is 97.9 cm³/mol. The van der Waals surface area contributed by atoms with Gasteiger partial charge in [-0.1, -0.05) is 6.92 Å². The predicted octanol–water partition coefficient (Wildman–Crippen LogP) is 2.42. The molecule has 4 heterocycles. The van der Waals surface area contributed by atoms with E-state index in [0.29, 0.717) is 6.54 Å². The van der Waals surface area contributed by atoms with Gasteiger partial charge < -0.3 is 14.6 Å². The Balaban J connectivity index is 1.40. The van der Waals surface area contributed by atoms with Crippen LogP contribution in [0.25, 0.3) is 5.65 Å². The average Bonchev–Trinajstić information content (AvgIpc) is 3.37. The number of hydrogen-bond donors (Lipinski definition) is 1. The van der Waals surface area contributed by atoms with Gasteiger partial charge in [-0.25, -0.2) is 4.98 Å². The molecule has 0 spiro atoms. The number of hydrogen-bond acceptors (Lipinski definition) is 5. The van der Waals surface area contributed by atoms with Crippen LogP contribution in [0, 0.1) is 5.92 Å². The van der Waals surface area contributed by atoms with Crippen molar-refractivity contribution < 1.29 is 9.21 Å². The van der Waals surface area contributed by atoms with Gasteiger partial charge in [0.1, 0.15) is 11.6 Å². The fourth-order valence-electron chi connectivity index (χ4n) is 3.46. The lowest BCUT2D eigenvalue weighted by Crippen LogP contribution is -2.41. The largest absolute Gasteiger partial charge is 0.467 e. The minimum atomic E-state index is 0.0433. The number of piperidine rings is 1. The molecule has 1 amide bonds. The van der Waals surface area contributed by atoms with Crippen LogP contribution in [-0.2, 0) is 17.8 Å². The first-order valence-electron chi connectivity index (χ1n) is 9.13. The minimum absolute atomic E-state index is 0.0433. The van der Waals surface area contributed by atoms with Crippen molar-refractivity contribution in [1.82, 2.24) is 19.9 Å². The van der Waals surface area contributed by atoms with Gasteiger partial charge in [0.15, 0.2) is 5.65 Å². The molecule has 0 aromatic carbocycles. The summed E-state index contributed by atoms with van der Waals surface area (Å²) < 4.78 is 7.15. The van der Waals surface area contributed by atoms with Crippen LogP contribution < -0.4 is 10.2 Å². The Labute approximate surface area is 152 Å². The van der Waals surface area contributed by atoms with Crippen LogP contribution in [0.15, 0.2) is 41.1 Å². The van der Waals surface area contributed by atoms with E-state index >= 15 is 0 Å². The Morgan fingerprint density at radius 3 is 2.92 bits per heavy atom. The van der Waals surface area contributed by atoms with Crippen molar-refractivity contribution in [3.05, 3.63) is 48.2 Å². The third-order valence-electron chi connectivity index (χ3n) is 4.96. The summed E-state index contributed by atoms with van der Waals surface area (Å²) in [7, 11) is 0. The molecule has 1 aliphatic rings. The summed E-state index contributed by atoms with van der Waals surface area (Å²) in [6, 6.07) is 7.73. The Kier molecular flexibility index (Phi) is 4.60. The number of amides is 1. The number of carbonyl (C=O) groups is 1.